The summed E-state index contributed by atoms with van der Waals surface area (Å²) in [5.74, 6) is 0.570. The minimum absolute atomic E-state index is 0.173. The van der Waals surface area contributed by atoms with Crippen molar-refractivity contribution in [1.82, 2.24) is 10.2 Å². The lowest BCUT2D eigenvalue weighted by Gasteiger charge is -2.25. The first kappa shape index (κ1) is 6.54. The van der Waals surface area contributed by atoms with Gasteiger partial charge in [0, 0.05) is 12.3 Å². The normalized spacial score (nSPS) is 17.5. The van der Waals surface area contributed by atoms with Crippen molar-refractivity contribution in [3.05, 3.63) is 18.3 Å². The van der Waals surface area contributed by atoms with E-state index >= 15 is 0 Å². The van der Waals surface area contributed by atoms with Gasteiger partial charge < -0.3 is 9.47 Å². The fourth-order valence-corrected chi connectivity index (χ4v) is 0.803. The predicted molar refractivity (Wildman–Crippen MR) is 37.3 cm³/mol. The van der Waals surface area contributed by atoms with E-state index in [0.717, 1.165) is 0 Å². The van der Waals surface area contributed by atoms with Gasteiger partial charge in [-0.1, -0.05) is 0 Å². The number of aromatic nitrogens is 2. The third-order valence-electron chi connectivity index (χ3n) is 1.44. The van der Waals surface area contributed by atoms with Crippen LogP contribution in [0.2, 0.25) is 0 Å². The molecular weight excluding hydrogens is 144 g/mol. The van der Waals surface area contributed by atoms with Crippen molar-refractivity contribution in [3.8, 4) is 5.88 Å². The van der Waals surface area contributed by atoms with Crippen molar-refractivity contribution in [2.24, 2.45) is 0 Å². The van der Waals surface area contributed by atoms with Crippen LogP contribution >= 0.6 is 0 Å². The second-order valence-corrected chi connectivity index (χ2v) is 2.34. The lowest BCUT2D eigenvalue weighted by atomic mass is 10.3. The summed E-state index contributed by atoms with van der Waals surface area (Å²) >= 11 is 0. The molecule has 0 aliphatic carbocycles. The highest BCUT2D eigenvalue weighted by Gasteiger charge is 2.20. The van der Waals surface area contributed by atoms with E-state index in [4.69, 9.17) is 9.47 Å². The second-order valence-electron chi connectivity index (χ2n) is 2.34. The highest BCUT2D eigenvalue weighted by Crippen LogP contribution is 2.10. The third kappa shape index (κ3) is 1.46. The van der Waals surface area contributed by atoms with E-state index in [2.05, 4.69) is 10.2 Å². The molecule has 0 amide bonds. The van der Waals surface area contributed by atoms with Crippen LogP contribution in [0.1, 0.15) is 0 Å². The molecule has 0 bridgehead atoms. The molecule has 11 heavy (non-hydrogen) atoms. The maximum absolute atomic E-state index is 5.35. The third-order valence-corrected chi connectivity index (χ3v) is 1.44. The Kier molecular flexibility index (Phi) is 1.69. The monoisotopic (exact) mass is 152 g/mol. The average molecular weight is 152 g/mol. The highest BCUT2D eigenvalue weighted by atomic mass is 16.6. The maximum atomic E-state index is 5.35. The van der Waals surface area contributed by atoms with Gasteiger partial charge in [0.1, 0.15) is 6.10 Å². The summed E-state index contributed by atoms with van der Waals surface area (Å²) in [4.78, 5) is 0. The van der Waals surface area contributed by atoms with E-state index in [0.29, 0.717) is 19.1 Å². The van der Waals surface area contributed by atoms with Crippen LogP contribution in [-0.2, 0) is 4.74 Å². The molecule has 1 fully saturated rings. The molecular formula is C7H8N2O2. The van der Waals surface area contributed by atoms with Crippen molar-refractivity contribution >= 4 is 0 Å². The van der Waals surface area contributed by atoms with Crippen molar-refractivity contribution in [1.29, 1.82) is 0 Å². The van der Waals surface area contributed by atoms with Gasteiger partial charge in [0.2, 0.25) is 5.88 Å². The molecule has 1 aliphatic rings. The summed E-state index contributed by atoms with van der Waals surface area (Å²) < 4.78 is 10.3. The maximum Gasteiger partial charge on any atom is 0.233 e. The fraction of sp³-hybridized carbons (Fsp3) is 0.429. The first-order chi connectivity index (χ1) is 5.45. The van der Waals surface area contributed by atoms with Gasteiger partial charge in [-0.3, -0.25) is 0 Å². The summed E-state index contributed by atoms with van der Waals surface area (Å²) in [5.41, 5.74) is 0. The quantitative estimate of drug-likeness (QED) is 0.609. The summed E-state index contributed by atoms with van der Waals surface area (Å²) in [6.07, 6.45) is 1.79. The van der Waals surface area contributed by atoms with Crippen LogP contribution in [0, 0.1) is 0 Å². The Morgan fingerprint density at radius 1 is 1.55 bits per heavy atom. The van der Waals surface area contributed by atoms with Crippen molar-refractivity contribution < 1.29 is 9.47 Å². The second kappa shape index (κ2) is 2.84. The van der Waals surface area contributed by atoms with E-state index in [-0.39, 0.29) is 6.10 Å². The van der Waals surface area contributed by atoms with Crippen LogP contribution < -0.4 is 4.74 Å². The number of hydrogen-bond donors (Lipinski definition) is 0. The highest BCUT2D eigenvalue weighted by molar-refractivity contribution is 5.06. The topological polar surface area (TPSA) is 44.2 Å². The van der Waals surface area contributed by atoms with Crippen molar-refractivity contribution in [2.75, 3.05) is 13.2 Å². The van der Waals surface area contributed by atoms with E-state index in [9.17, 15) is 0 Å². The summed E-state index contributed by atoms with van der Waals surface area (Å²) in [6.45, 7) is 1.33. The van der Waals surface area contributed by atoms with E-state index in [1.54, 1.807) is 18.3 Å². The Morgan fingerprint density at radius 3 is 3.00 bits per heavy atom. The molecule has 1 saturated heterocycles. The Labute approximate surface area is 64.2 Å². The number of rotatable bonds is 2. The molecule has 0 N–H and O–H groups in total. The lowest BCUT2D eigenvalue weighted by Crippen LogP contribution is -2.38. The van der Waals surface area contributed by atoms with Gasteiger partial charge >= 0.3 is 0 Å². The van der Waals surface area contributed by atoms with Crippen LogP contribution in [0.5, 0.6) is 5.88 Å². The molecule has 4 nitrogen and oxygen atoms in total. The van der Waals surface area contributed by atoms with Crippen molar-refractivity contribution in [2.45, 2.75) is 6.10 Å². The minimum atomic E-state index is 0.173. The fourth-order valence-electron chi connectivity index (χ4n) is 0.803. The Balaban J connectivity index is 1.95. The minimum Gasteiger partial charge on any atom is -0.468 e. The van der Waals surface area contributed by atoms with Gasteiger partial charge in [-0.05, 0) is 6.07 Å². The van der Waals surface area contributed by atoms with Crippen LogP contribution in [0.25, 0.3) is 0 Å². The molecule has 1 aromatic heterocycles. The number of hydrogen-bond acceptors (Lipinski definition) is 4. The van der Waals surface area contributed by atoms with E-state index in [1.165, 1.54) is 0 Å². The molecule has 0 saturated carbocycles. The molecule has 0 atom stereocenters. The van der Waals surface area contributed by atoms with Crippen LogP contribution in [0.4, 0.5) is 0 Å². The Bertz CT molecular complexity index is 223. The summed E-state index contributed by atoms with van der Waals surface area (Å²) in [7, 11) is 0. The van der Waals surface area contributed by atoms with Gasteiger partial charge in [-0.25, -0.2) is 0 Å². The summed E-state index contributed by atoms with van der Waals surface area (Å²) in [5, 5.41) is 7.45. The van der Waals surface area contributed by atoms with Gasteiger partial charge in [0.25, 0.3) is 0 Å². The van der Waals surface area contributed by atoms with Gasteiger partial charge in [-0.15, -0.1) is 5.10 Å². The largest absolute Gasteiger partial charge is 0.468 e. The molecule has 1 aromatic rings. The Morgan fingerprint density at radius 2 is 2.45 bits per heavy atom. The van der Waals surface area contributed by atoms with Crippen LogP contribution in [0.15, 0.2) is 18.3 Å². The van der Waals surface area contributed by atoms with Crippen molar-refractivity contribution in [3.63, 3.8) is 0 Å². The molecule has 4 heteroatoms. The molecule has 0 spiro atoms. The zero-order valence-corrected chi connectivity index (χ0v) is 5.93. The van der Waals surface area contributed by atoms with E-state index in [1.807, 2.05) is 0 Å². The molecule has 1 aliphatic heterocycles. The van der Waals surface area contributed by atoms with Gasteiger partial charge in [-0.2, -0.15) is 5.10 Å². The molecule has 2 heterocycles. The lowest BCUT2D eigenvalue weighted by molar-refractivity contribution is -0.0816. The first-order valence-corrected chi connectivity index (χ1v) is 3.47. The standard InChI is InChI=1S/C7H8N2O2/c1-2-7(9-8-3-1)11-6-4-10-5-6/h1-3,6H,4-5H2. The van der Waals surface area contributed by atoms with Crippen LogP contribution in [-0.4, -0.2) is 29.5 Å². The number of nitrogens with zero attached hydrogens (tertiary/aromatic N) is 2. The van der Waals surface area contributed by atoms with Gasteiger partial charge in [0.05, 0.1) is 13.2 Å². The Hall–Kier alpha value is -1.16. The van der Waals surface area contributed by atoms with E-state index < -0.39 is 0 Å². The zero-order valence-electron chi connectivity index (χ0n) is 5.93. The molecule has 0 radical (unpaired) electrons. The predicted octanol–water partition coefficient (Wildman–Crippen LogP) is 0.254. The van der Waals surface area contributed by atoms with Crippen LogP contribution in [0.3, 0.4) is 0 Å². The number of ether oxygens (including phenoxy) is 2. The zero-order chi connectivity index (χ0) is 7.52. The molecule has 0 unspecified atom stereocenters. The smallest absolute Gasteiger partial charge is 0.233 e. The first-order valence-electron chi connectivity index (χ1n) is 3.47. The SMILES string of the molecule is c1cnnc(OC2COC2)c1. The molecule has 0 aromatic carbocycles. The van der Waals surface area contributed by atoms with Gasteiger partial charge in [0.15, 0.2) is 0 Å². The molecule has 2 rings (SSSR count). The molecule has 58 valence electrons. The average Bonchev–Trinajstić information content (AvgIpc) is 1.99. The summed E-state index contributed by atoms with van der Waals surface area (Å²) in [6, 6.07) is 3.58.